The number of ketones is 2. The monoisotopic (exact) mass is 854 g/mol. The summed E-state index contributed by atoms with van der Waals surface area (Å²) in [4.78, 5) is 80.3. The summed E-state index contributed by atoms with van der Waals surface area (Å²) in [7, 11) is 0. The Kier molecular flexibility index (Phi) is 10.7. The van der Waals surface area contributed by atoms with Crippen LogP contribution in [0.4, 0.5) is 0 Å². The van der Waals surface area contributed by atoms with Crippen LogP contribution in [0, 0.1) is 0 Å². The van der Waals surface area contributed by atoms with Gasteiger partial charge in [-0.3, -0.25) is 24.0 Å². The highest BCUT2D eigenvalue weighted by Gasteiger charge is 2.51. The number of hydrogen-bond donors (Lipinski definition) is 5. The van der Waals surface area contributed by atoms with Gasteiger partial charge in [0.05, 0.1) is 11.4 Å². The van der Waals surface area contributed by atoms with Crippen LogP contribution < -0.4 is 15.4 Å². The molecule has 4 heterocycles. The second-order valence-electron chi connectivity index (χ2n) is 15.6. The van der Waals surface area contributed by atoms with E-state index < -0.39 is 82.2 Å². The van der Waals surface area contributed by atoms with Crippen LogP contribution in [0.1, 0.15) is 75.6 Å². The van der Waals surface area contributed by atoms with Crippen LogP contribution in [0.2, 0.25) is 10.0 Å². The van der Waals surface area contributed by atoms with Crippen molar-refractivity contribution in [2.24, 2.45) is 0 Å². The lowest BCUT2D eigenvalue weighted by molar-refractivity contribution is -0.138. The number of carbonyl (C=O) groups excluding carboxylic acids is 5. The van der Waals surface area contributed by atoms with Gasteiger partial charge in [0, 0.05) is 45.2 Å². The molecule has 2 aromatic heterocycles. The number of carbonyl (C=O) groups is 6. The van der Waals surface area contributed by atoms with Crippen LogP contribution in [-0.4, -0.2) is 72.9 Å². The summed E-state index contributed by atoms with van der Waals surface area (Å²) in [5.74, 6) is -6.75. The number of halogens is 2. The van der Waals surface area contributed by atoms with Crippen molar-refractivity contribution in [3.8, 4) is 28.0 Å². The quantitative estimate of drug-likeness (QED) is 0.0671. The Morgan fingerprint density at radius 1 is 0.667 bits per heavy atom. The molecule has 2 fully saturated rings. The number of amides is 2. The van der Waals surface area contributed by atoms with Crippen LogP contribution in [0.3, 0.4) is 0 Å². The highest BCUT2D eigenvalue weighted by atomic mass is 35.5. The number of esters is 1. The van der Waals surface area contributed by atoms with E-state index in [0.717, 1.165) is 36.8 Å². The van der Waals surface area contributed by atoms with E-state index in [4.69, 9.17) is 27.9 Å². The lowest BCUT2D eigenvalue weighted by atomic mass is 9.73. The van der Waals surface area contributed by atoms with Crippen LogP contribution in [-0.2, 0) is 39.8 Å². The standard InChI is InChI=1S/C44H40Cl2N4O10/c45-26-9-7-24(8-10-26)25-19-30-37(54)34(39(56)44(50(30)23-25)16-5-2-6-17-44)41(58)48-22-33(53)60-31-20-27(46)11-12-28(31)29-13-18-49-36(29)38(55)35(42(59)47-21-32(51)52)40(57)43(49)14-3-1-4-15-43/h7-13,18-20,23,54-55H,1-6,14-17,21-22H2,(H,47,59)(H,48,58)(H,51,52). The molecule has 2 aromatic carbocycles. The van der Waals surface area contributed by atoms with Gasteiger partial charge < -0.3 is 39.8 Å². The molecule has 4 aliphatic rings. The first kappa shape index (κ1) is 40.7. The maximum Gasteiger partial charge on any atom is 0.330 e. The number of aliphatic hydroxyl groups excluding tert-OH is 2. The highest BCUT2D eigenvalue weighted by Crippen LogP contribution is 2.49. The van der Waals surface area contributed by atoms with Gasteiger partial charge in [-0.25, -0.2) is 4.79 Å². The second kappa shape index (κ2) is 15.8. The van der Waals surface area contributed by atoms with E-state index in [0.29, 0.717) is 49.2 Å². The normalized spacial score (nSPS) is 18.0. The molecule has 2 aliphatic carbocycles. The summed E-state index contributed by atoms with van der Waals surface area (Å²) in [6.45, 7) is -1.49. The fourth-order valence-corrected chi connectivity index (χ4v) is 9.56. The molecule has 5 N–H and O–H groups in total. The van der Waals surface area contributed by atoms with Gasteiger partial charge in [-0.1, -0.05) is 73.9 Å². The number of carboxylic acids is 1. The van der Waals surface area contributed by atoms with Crippen molar-refractivity contribution < 1.29 is 48.8 Å². The van der Waals surface area contributed by atoms with E-state index in [1.54, 1.807) is 39.6 Å². The maximum absolute atomic E-state index is 14.3. The molecule has 0 radical (unpaired) electrons. The molecule has 310 valence electrons. The Hall–Kier alpha value is -6.12. The molecule has 60 heavy (non-hydrogen) atoms. The summed E-state index contributed by atoms with van der Waals surface area (Å²) in [6.07, 6.45) is 9.63. The van der Waals surface area contributed by atoms with Crippen LogP contribution in [0.25, 0.3) is 33.8 Å². The van der Waals surface area contributed by atoms with Crippen molar-refractivity contribution in [1.82, 2.24) is 19.8 Å². The van der Waals surface area contributed by atoms with Crippen LogP contribution in [0.5, 0.6) is 5.75 Å². The minimum Gasteiger partial charge on any atom is -0.505 e. The average Bonchev–Trinajstić information content (AvgIpc) is 3.90. The number of nitrogens with zero attached hydrogens (tertiary/aromatic N) is 2. The van der Waals surface area contributed by atoms with Gasteiger partial charge in [0.2, 0.25) is 0 Å². The molecule has 2 saturated carbocycles. The largest absolute Gasteiger partial charge is 0.505 e. The van der Waals surface area contributed by atoms with E-state index in [9.17, 15) is 44.1 Å². The van der Waals surface area contributed by atoms with E-state index >= 15 is 0 Å². The molecule has 2 amide bonds. The fraction of sp³-hybridized carbons (Fsp3) is 0.318. The first-order chi connectivity index (χ1) is 28.8. The Balaban J connectivity index is 1.08. The third-order valence-corrected chi connectivity index (χ3v) is 12.6. The number of aliphatic hydroxyl groups is 2. The number of rotatable bonds is 9. The highest BCUT2D eigenvalue weighted by molar-refractivity contribution is 6.31. The van der Waals surface area contributed by atoms with E-state index in [2.05, 4.69) is 10.6 Å². The third-order valence-electron chi connectivity index (χ3n) is 12.1. The molecule has 16 heteroatoms. The zero-order chi connectivity index (χ0) is 42.5. The van der Waals surface area contributed by atoms with Gasteiger partial charge in [-0.15, -0.1) is 0 Å². The fourth-order valence-electron chi connectivity index (χ4n) is 9.27. The molecular formula is C44H40Cl2N4O10. The molecule has 0 atom stereocenters. The first-order valence-corrected chi connectivity index (χ1v) is 20.5. The van der Waals surface area contributed by atoms with Crippen molar-refractivity contribution in [3.05, 3.63) is 99.6 Å². The predicted molar refractivity (Wildman–Crippen MR) is 220 cm³/mol. The number of Topliss-reactive ketones (excluding diaryl/α,β-unsaturated/α-hetero) is 2. The van der Waals surface area contributed by atoms with E-state index in [1.165, 1.54) is 18.2 Å². The van der Waals surface area contributed by atoms with Crippen molar-refractivity contribution in [2.45, 2.75) is 75.3 Å². The SMILES string of the molecule is O=C(O)CNC(=O)C1=C(O)c2c(-c3ccc(Cl)cc3OC(=O)CNC(=O)C3=C(O)c4cc(-c5ccc(Cl)cc5)cn4C4(CCCCC4)C3=O)ccn2C2(CCCCC2)C1=O. The Bertz CT molecular complexity index is 2550. The zero-order valence-corrected chi connectivity index (χ0v) is 33.7. The van der Waals surface area contributed by atoms with Crippen molar-refractivity contribution in [1.29, 1.82) is 0 Å². The molecule has 0 unspecified atom stereocenters. The number of fused-ring (bicyclic) bond motifs is 4. The summed E-state index contributed by atoms with van der Waals surface area (Å²) in [5, 5.41) is 37.7. The van der Waals surface area contributed by atoms with Gasteiger partial charge in [0.25, 0.3) is 11.8 Å². The number of nitrogens with one attached hydrogen (secondary N) is 2. The summed E-state index contributed by atoms with van der Waals surface area (Å²) in [5.41, 5.74) is -0.943. The maximum atomic E-state index is 14.3. The van der Waals surface area contributed by atoms with Crippen molar-refractivity contribution in [3.63, 3.8) is 0 Å². The number of aliphatic carboxylic acids is 1. The Morgan fingerprint density at radius 3 is 1.85 bits per heavy atom. The molecule has 8 rings (SSSR count). The van der Waals surface area contributed by atoms with Gasteiger partial charge in [0.15, 0.2) is 23.1 Å². The number of benzene rings is 2. The lowest BCUT2D eigenvalue weighted by Gasteiger charge is -2.41. The number of ether oxygens (including phenoxy) is 1. The van der Waals surface area contributed by atoms with E-state index in [1.807, 2.05) is 18.3 Å². The molecular weight excluding hydrogens is 815 g/mol. The first-order valence-electron chi connectivity index (χ1n) is 19.7. The van der Waals surface area contributed by atoms with Crippen molar-refractivity contribution >= 4 is 70.0 Å². The topological polar surface area (TPSA) is 206 Å². The van der Waals surface area contributed by atoms with E-state index in [-0.39, 0.29) is 27.6 Å². The molecule has 0 bridgehead atoms. The van der Waals surface area contributed by atoms with Crippen LogP contribution in [0.15, 0.2) is 78.1 Å². The minimum absolute atomic E-state index is 0.0838. The number of carboxylic acid groups (broad SMARTS) is 1. The number of hydrogen-bond acceptors (Lipinski definition) is 9. The molecule has 0 saturated heterocycles. The predicted octanol–water partition coefficient (Wildman–Crippen LogP) is 6.88. The summed E-state index contributed by atoms with van der Waals surface area (Å²) < 4.78 is 9.15. The third kappa shape index (κ3) is 6.86. The summed E-state index contributed by atoms with van der Waals surface area (Å²) in [6, 6.07) is 14.8. The average molecular weight is 856 g/mol. The molecule has 4 aromatic rings. The van der Waals surface area contributed by atoms with Crippen molar-refractivity contribution in [2.75, 3.05) is 13.1 Å². The van der Waals surface area contributed by atoms with Gasteiger partial charge in [-0.05, 0) is 67.6 Å². The molecule has 2 spiro atoms. The Labute approximate surface area is 353 Å². The molecule has 2 aliphatic heterocycles. The number of aromatic nitrogens is 2. The van der Waals surface area contributed by atoms with Gasteiger partial charge >= 0.3 is 11.9 Å². The summed E-state index contributed by atoms with van der Waals surface area (Å²) >= 11 is 12.5. The Morgan fingerprint density at radius 2 is 1.23 bits per heavy atom. The van der Waals surface area contributed by atoms with Gasteiger partial charge in [0.1, 0.15) is 41.1 Å². The lowest BCUT2D eigenvalue weighted by Crippen LogP contribution is -2.50. The zero-order valence-electron chi connectivity index (χ0n) is 32.2. The smallest absolute Gasteiger partial charge is 0.330 e. The molecule has 14 nitrogen and oxygen atoms in total. The van der Waals surface area contributed by atoms with Gasteiger partial charge in [-0.2, -0.15) is 0 Å². The van der Waals surface area contributed by atoms with Crippen LogP contribution >= 0.6 is 23.2 Å². The minimum atomic E-state index is -1.34. The second-order valence-corrected chi connectivity index (χ2v) is 16.5.